The van der Waals surface area contributed by atoms with Crippen molar-refractivity contribution in [2.75, 3.05) is 5.73 Å². The number of carbonyl (C=O) groups excluding carboxylic acids is 1. The fourth-order valence-corrected chi connectivity index (χ4v) is 1.37. The van der Waals surface area contributed by atoms with Gasteiger partial charge in [0.05, 0.1) is 23.1 Å². The second-order valence-corrected chi connectivity index (χ2v) is 2.95. The normalized spacial score (nSPS) is 10.5. The number of hydrogen-bond donors (Lipinski definition) is 2. The maximum atomic E-state index is 10.9. The summed E-state index contributed by atoms with van der Waals surface area (Å²) in [6.07, 6.45) is 1.48. The lowest BCUT2D eigenvalue weighted by molar-refractivity contribution is 0.108. The van der Waals surface area contributed by atoms with Crippen molar-refractivity contribution < 1.29 is 4.79 Å². The molecular weight excluding hydrogens is 190 g/mol. The molecule has 0 bridgehead atoms. The van der Waals surface area contributed by atoms with Crippen molar-refractivity contribution in [3.8, 4) is 0 Å². The van der Waals surface area contributed by atoms with Crippen molar-refractivity contribution in [1.82, 2.24) is 9.97 Å². The Morgan fingerprint density at radius 3 is 3.00 bits per heavy atom. The average Bonchev–Trinajstić information content (AvgIpc) is 2.53. The van der Waals surface area contributed by atoms with Crippen molar-refractivity contribution in [1.29, 1.82) is 0 Å². The number of benzene rings is 1. The number of nitrogens with zero attached hydrogens (tertiary/aromatic N) is 1. The van der Waals surface area contributed by atoms with Crippen LogP contribution in [-0.2, 0) is 0 Å². The van der Waals surface area contributed by atoms with E-state index in [1.54, 1.807) is 12.1 Å². The fourth-order valence-electron chi connectivity index (χ4n) is 1.21. The van der Waals surface area contributed by atoms with E-state index < -0.39 is 5.24 Å². The van der Waals surface area contributed by atoms with Crippen LogP contribution in [0.1, 0.15) is 10.4 Å². The number of fused-ring (bicyclic) bond motifs is 1. The minimum absolute atomic E-state index is 0.368. The summed E-state index contributed by atoms with van der Waals surface area (Å²) in [7, 11) is 0. The number of halogens is 1. The van der Waals surface area contributed by atoms with Gasteiger partial charge in [0.15, 0.2) is 0 Å². The number of hydrogen-bond acceptors (Lipinski definition) is 3. The van der Waals surface area contributed by atoms with E-state index in [4.69, 9.17) is 17.3 Å². The Balaban J connectivity index is 2.86. The summed E-state index contributed by atoms with van der Waals surface area (Å²) < 4.78 is 0. The monoisotopic (exact) mass is 195 g/mol. The van der Waals surface area contributed by atoms with E-state index in [1.165, 1.54) is 6.33 Å². The lowest BCUT2D eigenvalue weighted by Crippen LogP contribution is -1.93. The molecule has 5 heteroatoms. The van der Waals surface area contributed by atoms with Crippen molar-refractivity contribution >= 4 is 33.6 Å². The third-order valence-corrected chi connectivity index (χ3v) is 2.03. The molecule has 3 N–H and O–H groups in total. The molecule has 0 saturated carbocycles. The number of nitrogen functional groups attached to an aromatic ring is 1. The summed E-state index contributed by atoms with van der Waals surface area (Å²) in [5.41, 5.74) is 7.72. The summed E-state index contributed by atoms with van der Waals surface area (Å²) in [5, 5.41) is -0.530. The first kappa shape index (κ1) is 8.07. The van der Waals surface area contributed by atoms with Crippen molar-refractivity contribution in [2.24, 2.45) is 0 Å². The van der Waals surface area contributed by atoms with E-state index in [2.05, 4.69) is 9.97 Å². The van der Waals surface area contributed by atoms with E-state index in [0.717, 1.165) is 0 Å². The van der Waals surface area contributed by atoms with Crippen LogP contribution in [0.4, 0.5) is 5.69 Å². The second-order valence-electron chi connectivity index (χ2n) is 2.60. The first-order valence-corrected chi connectivity index (χ1v) is 3.99. The zero-order valence-electron chi connectivity index (χ0n) is 6.54. The lowest BCUT2D eigenvalue weighted by Gasteiger charge is -1.98. The molecule has 13 heavy (non-hydrogen) atoms. The van der Waals surface area contributed by atoms with Gasteiger partial charge in [0.25, 0.3) is 5.24 Å². The summed E-state index contributed by atoms with van der Waals surface area (Å²) in [5.74, 6) is 0. The van der Waals surface area contributed by atoms with Gasteiger partial charge >= 0.3 is 0 Å². The molecule has 0 aliphatic heterocycles. The highest BCUT2D eigenvalue weighted by Crippen LogP contribution is 2.22. The van der Waals surface area contributed by atoms with E-state index in [-0.39, 0.29) is 0 Å². The van der Waals surface area contributed by atoms with Gasteiger partial charge in [-0.2, -0.15) is 0 Å². The molecule has 0 aliphatic carbocycles. The molecule has 66 valence electrons. The molecule has 0 atom stereocenters. The van der Waals surface area contributed by atoms with Crippen LogP contribution in [0.25, 0.3) is 11.0 Å². The summed E-state index contributed by atoms with van der Waals surface area (Å²) >= 11 is 5.36. The molecule has 0 amide bonds. The summed E-state index contributed by atoms with van der Waals surface area (Å²) in [4.78, 5) is 17.7. The number of aromatic nitrogens is 2. The van der Waals surface area contributed by atoms with Gasteiger partial charge in [0, 0.05) is 0 Å². The fraction of sp³-hybridized carbons (Fsp3) is 0. The molecule has 0 saturated heterocycles. The minimum atomic E-state index is -0.530. The van der Waals surface area contributed by atoms with Crippen LogP contribution in [0.5, 0.6) is 0 Å². The van der Waals surface area contributed by atoms with E-state index in [1.807, 2.05) is 0 Å². The van der Waals surface area contributed by atoms with Gasteiger partial charge < -0.3 is 10.7 Å². The zero-order chi connectivity index (χ0) is 9.42. The molecule has 0 radical (unpaired) electrons. The topological polar surface area (TPSA) is 71.8 Å². The lowest BCUT2D eigenvalue weighted by atomic mass is 10.2. The standard InChI is InChI=1S/C8H6ClN3O/c9-8(13)4-1-2-5(10)7-6(4)11-3-12-7/h1-3H,10H2,(H,11,12). The quantitative estimate of drug-likeness (QED) is 0.535. The van der Waals surface area contributed by atoms with E-state index in [0.29, 0.717) is 22.3 Å². The second kappa shape index (κ2) is 2.74. The molecule has 1 heterocycles. The SMILES string of the molecule is Nc1ccc(C(=O)Cl)c2nc[nH]c12. The van der Waals surface area contributed by atoms with Crippen molar-refractivity contribution in [3.63, 3.8) is 0 Å². The predicted molar refractivity (Wildman–Crippen MR) is 50.7 cm³/mol. The number of rotatable bonds is 1. The number of aromatic amines is 1. The molecule has 2 rings (SSSR count). The highest BCUT2D eigenvalue weighted by molar-refractivity contribution is 6.68. The van der Waals surface area contributed by atoms with E-state index >= 15 is 0 Å². The maximum Gasteiger partial charge on any atom is 0.254 e. The van der Waals surface area contributed by atoms with Gasteiger partial charge in [-0.3, -0.25) is 4.79 Å². The first-order valence-electron chi connectivity index (χ1n) is 3.61. The predicted octanol–water partition coefficient (Wildman–Crippen LogP) is 1.52. The molecule has 2 aromatic rings. The Kier molecular flexibility index (Phi) is 1.70. The van der Waals surface area contributed by atoms with Crippen LogP contribution < -0.4 is 5.73 Å². The van der Waals surface area contributed by atoms with Gasteiger partial charge in [-0.15, -0.1) is 0 Å². The van der Waals surface area contributed by atoms with Crippen LogP contribution in [0.3, 0.4) is 0 Å². The molecule has 0 aliphatic rings. The smallest absolute Gasteiger partial charge is 0.254 e. The van der Waals surface area contributed by atoms with Gasteiger partial charge in [0.2, 0.25) is 0 Å². The first-order chi connectivity index (χ1) is 6.20. The number of H-pyrrole nitrogens is 1. The largest absolute Gasteiger partial charge is 0.397 e. The highest BCUT2D eigenvalue weighted by atomic mass is 35.5. The Morgan fingerprint density at radius 2 is 2.31 bits per heavy atom. The highest BCUT2D eigenvalue weighted by Gasteiger charge is 2.10. The van der Waals surface area contributed by atoms with Crippen molar-refractivity contribution in [2.45, 2.75) is 0 Å². The van der Waals surface area contributed by atoms with Crippen molar-refractivity contribution in [3.05, 3.63) is 24.0 Å². The summed E-state index contributed by atoms with van der Waals surface area (Å²) in [6.45, 7) is 0. The molecule has 4 nitrogen and oxygen atoms in total. The molecule has 1 aromatic heterocycles. The molecule has 0 fully saturated rings. The van der Waals surface area contributed by atoms with Crippen LogP contribution in [0.2, 0.25) is 0 Å². The third-order valence-electron chi connectivity index (χ3n) is 1.82. The summed E-state index contributed by atoms with van der Waals surface area (Å²) in [6, 6.07) is 3.18. The minimum Gasteiger partial charge on any atom is -0.397 e. The molecule has 0 unspecified atom stereocenters. The van der Waals surface area contributed by atoms with Gasteiger partial charge in [-0.1, -0.05) is 0 Å². The average molecular weight is 196 g/mol. The number of nitrogens with two attached hydrogens (primary N) is 1. The molecule has 0 spiro atoms. The maximum absolute atomic E-state index is 10.9. The third kappa shape index (κ3) is 1.15. The van der Waals surface area contributed by atoms with Crippen LogP contribution in [-0.4, -0.2) is 15.2 Å². The van der Waals surface area contributed by atoms with Crippen LogP contribution in [0.15, 0.2) is 18.5 Å². The molecular formula is C8H6ClN3O. The Bertz CT molecular complexity index is 477. The van der Waals surface area contributed by atoms with Crippen LogP contribution >= 0.6 is 11.6 Å². The van der Waals surface area contributed by atoms with E-state index in [9.17, 15) is 4.79 Å². The zero-order valence-corrected chi connectivity index (χ0v) is 7.30. The Morgan fingerprint density at radius 1 is 1.54 bits per heavy atom. The van der Waals surface area contributed by atoms with Gasteiger partial charge in [0.1, 0.15) is 5.52 Å². The van der Waals surface area contributed by atoms with Crippen LogP contribution in [0, 0.1) is 0 Å². The Hall–Kier alpha value is -1.55. The number of anilines is 1. The Labute approximate surface area is 78.7 Å². The van der Waals surface area contributed by atoms with Gasteiger partial charge in [-0.25, -0.2) is 4.98 Å². The van der Waals surface area contributed by atoms with Gasteiger partial charge in [-0.05, 0) is 23.7 Å². The number of nitrogens with one attached hydrogen (secondary N) is 1. The number of imidazole rings is 1. The molecule has 1 aromatic carbocycles. The number of carbonyl (C=O) groups is 1.